The van der Waals surface area contributed by atoms with Crippen molar-refractivity contribution in [1.82, 2.24) is 0 Å². The fourth-order valence-corrected chi connectivity index (χ4v) is 14.8. The fraction of sp³-hybridized carbons (Fsp3) is 0.741. The van der Waals surface area contributed by atoms with Gasteiger partial charge < -0.3 is 63.5 Å². The first kappa shape index (κ1) is 52.6. The molecule has 1 aromatic rings. The Morgan fingerprint density at radius 1 is 0.729 bits per heavy atom. The third-order valence-electron chi connectivity index (χ3n) is 19.1. The van der Waals surface area contributed by atoms with Crippen molar-refractivity contribution in [2.75, 3.05) is 7.11 Å². The van der Waals surface area contributed by atoms with Crippen LogP contribution in [-0.2, 0) is 47.6 Å². The summed E-state index contributed by atoms with van der Waals surface area (Å²) in [6.45, 7) is 17.3. The summed E-state index contributed by atoms with van der Waals surface area (Å²) in [5, 5.41) is 56.7. The van der Waals surface area contributed by atoms with E-state index in [2.05, 4.69) is 40.7 Å². The van der Waals surface area contributed by atoms with Gasteiger partial charge in [0.15, 0.2) is 24.6 Å². The molecule has 6 fully saturated rings. The maximum atomic E-state index is 15.6. The molecule has 2 heterocycles. The second-order valence-electron chi connectivity index (χ2n) is 23.5. The van der Waals surface area contributed by atoms with Gasteiger partial charge >= 0.3 is 17.9 Å². The Labute approximate surface area is 411 Å². The van der Waals surface area contributed by atoms with E-state index >= 15 is 4.79 Å². The molecule has 0 bridgehead atoms. The van der Waals surface area contributed by atoms with Crippen LogP contribution in [0.25, 0.3) is 6.08 Å². The highest BCUT2D eigenvalue weighted by Crippen LogP contribution is 2.76. The molecule has 0 amide bonds. The number of aliphatic hydroxyl groups excluding tert-OH is 5. The second kappa shape index (κ2) is 18.9. The molecule has 10 unspecified atom stereocenters. The normalized spacial score (nSPS) is 46.4. The van der Waals surface area contributed by atoms with Gasteiger partial charge in [-0.3, -0.25) is 9.59 Å². The van der Waals surface area contributed by atoms with Crippen LogP contribution in [0, 0.1) is 50.2 Å². The lowest BCUT2D eigenvalue weighted by Crippen LogP contribution is -2.68. The number of ether oxygens (including phenoxy) is 7. The summed E-state index contributed by atoms with van der Waals surface area (Å²) in [6.07, 6.45) is -5.84. The van der Waals surface area contributed by atoms with Crippen LogP contribution in [0.15, 0.2) is 42.0 Å². The molecule has 2 saturated heterocycles. The molecule has 2 aliphatic heterocycles. The summed E-state index contributed by atoms with van der Waals surface area (Å²) in [7, 11) is 1.54. The van der Waals surface area contributed by atoms with Crippen LogP contribution in [0.2, 0.25) is 0 Å². The lowest BCUT2D eigenvalue weighted by atomic mass is 9.33. The van der Waals surface area contributed by atoms with Crippen LogP contribution in [0.1, 0.15) is 126 Å². The second-order valence-corrected chi connectivity index (χ2v) is 23.5. The topological polar surface area (TPSA) is 234 Å². The van der Waals surface area contributed by atoms with Crippen molar-refractivity contribution in [2.45, 2.75) is 194 Å². The van der Waals surface area contributed by atoms with Gasteiger partial charge in [0.25, 0.3) is 0 Å². The predicted octanol–water partition coefficient (Wildman–Crippen LogP) is 5.37. The van der Waals surface area contributed by atoms with Gasteiger partial charge in [0.1, 0.15) is 35.8 Å². The Morgan fingerprint density at radius 3 is 2.07 bits per heavy atom. The van der Waals surface area contributed by atoms with Gasteiger partial charge in [-0.15, -0.1) is 0 Å². The zero-order valence-electron chi connectivity index (χ0n) is 42.4. The lowest BCUT2D eigenvalue weighted by molar-refractivity contribution is -0.359. The van der Waals surface area contributed by atoms with Crippen molar-refractivity contribution >= 4 is 30.3 Å². The molecule has 0 aromatic heterocycles. The monoisotopic (exact) mass is 981 g/mol. The van der Waals surface area contributed by atoms with E-state index < -0.39 is 114 Å². The van der Waals surface area contributed by atoms with Crippen molar-refractivity contribution < 1.29 is 77.9 Å². The summed E-state index contributed by atoms with van der Waals surface area (Å²) in [5.41, 5.74) is -1.95. The molecular weight excluding hydrogens is 905 g/mol. The number of benzene rings is 1. The minimum atomic E-state index is -1.83. The molecule has 7 aliphatic rings. The maximum absolute atomic E-state index is 15.6. The Kier molecular flexibility index (Phi) is 14.2. The summed E-state index contributed by atoms with van der Waals surface area (Å²) < 4.78 is 42.1. The Hall–Kier alpha value is -3.74. The van der Waals surface area contributed by atoms with Crippen LogP contribution >= 0.6 is 0 Å². The molecule has 5 N–H and O–H groups in total. The summed E-state index contributed by atoms with van der Waals surface area (Å²) in [4.78, 5) is 54.9. The standard InChI is InChI=1S/C54H76O16/c1-28-40(60)41(61)42(62)46(65-28)69-45-44(67-30(3)56)43(68-39(59)18-13-31-11-14-32(64-10)15-12-31)29(2)66-47(45)70-48(63)54-24-23-49(4,5)25-34(54)33-16-17-36-50(6)21-20-37(57)51(7,27-55)35(50)19-22-52(36,8)53(33,9)26-38(54)58/h11-16,18,27-29,34-38,40-47,57-58,60-62H,17,19-26H2,1-10H3/b18-13-/t28?,29?,34-,35+,36+,37-,38+,40?,41?,42?,43?,44?,45?,46?,47?,50-,51-,52+,53+,54+/m0/s1. The third kappa shape index (κ3) is 8.57. The zero-order valence-corrected chi connectivity index (χ0v) is 42.4. The Bertz CT molecular complexity index is 2210. The number of carbonyl (C=O) groups is 4. The molecule has 1 aromatic carbocycles. The van der Waals surface area contributed by atoms with E-state index in [0.29, 0.717) is 37.0 Å². The van der Waals surface area contributed by atoms with Crippen LogP contribution in [0.5, 0.6) is 5.75 Å². The van der Waals surface area contributed by atoms with E-state index in [4.69, 9.17) is 33.2 Å². The van der Waals surface area contributed by atoms with E-state index in [1.165, 1.54) is 26.2 Å². The van der Waals surface area contributed by atoms with Gasteiger partial charge in [-0.1, -0.05) is 65.3 Å². The maximum Gasteiger partial charge on any atom is 0.331 e. The van der Waals surface area contributed by atoms with Crippen molar-refractivity contribution in [1.29, 1.82) is 0 Å². The number of carbonyl (C=O) groups excluding carboxylic acids is 4. The highest BCUT2D eigenvalue weighted by molar-refractivity contribution is 5.87. The summed E-state index contributed by atoms with van der Waals surface area (Å²) >= 11 is 0. The average Bonchev–Trinajstić information content (AvgIpc) is 3.30. The molecule has 16 nitrogen and oxygen atoms in total. The number of esters is 3. The van der Waals surface area contributed by atoms with Crippen molar-refractivity contribution in [3.8, 4) is 5.75 Å². The largest absolute Gasteiger partial charge is 0.497 e. The molecule has 16 heteroatoms. The van der Waals surface area contributed by atoms with E-state index in [9.17, 15) is 39.9 Å². The number of aldehydes is 1. The Balaban J connectivity index is 1.14. The average molecular weight is 981 g/mol. The lowest BCUT2D eigenvalue weighted by Gasteiger charge is -2.71. The minimum Gasteiger partial charge on any atom is -0.497 e. The third-order valence-corrected chi connectivity index (χ3v) is 19.1. The molecule has 0 spiro atoms. The number of fused-ring (bicyclic) bond motifs is 7. The first-order valence-electron chi connectivity index (χ1n) is 25.2. The minimum absolute atomic E-state index is 0.0199. The van der Waals surface area contributed by atoms with Crippen LogP contribution in [0.4, 0.5) is 0 Å². The quantitative estimate of drug-likeness (QED) is 0.0652. The van der Waals surface area contributed by atoms with Crippen molar-refractivity contribution in [3.05, 3.63) is 47.6 Å². The first-order valence-corrected chi connectivity index (χ1v) is 25.2. The van der Waals surface area contributed by atoms with Crippen LogP contribution in [0.3, 0.4) is 0 Å². The highest BCUT2D eigenvalue weighted by atomic mass is 16.8. The fourth-order valence-electron chi connectivity index (χ4n) is 14.8. The van der Waals surface area contributed by atoms with Crippen LogP contribution < -0.4 is 4.74 Å². The zero-order chi connectivity index (χ0) is 51.1. The van der Waals surface area contributed by atoms with E-state index in [-0.39, 0.29) is 40.9 Å². The molecular formula is C54H76O16. The van der Waals surface area contributed by atoms with Gasteiger partial charge in [0.2, 0.25) is 6.29 Å². The summed E-state index contributed by atoms with van der Waals surface area (Å²) in [6, 6.07) is 6.93. The van der Waals surface area contributed by atoms with Gasteiger partial charge in [-0.2, -0.15) is 0 Å². The summed E-state index contributed by atoms with van der Waals surface area (Å²) in [5.74, 6) is -2.13. The molecule has 8 rings (SSSR count). The molecule has 4 saturated carbocycles. The van der Waals surface area contributed by atoms with E-state index in [1.54, 1.807) is 31.2 Å². The van der Waals surface area contributed by atoms with Crippen molar-refractivity contribution in [3.63, 3.8) is 0 Å². The van der Waals surface area contributed by atoms with Gasteiger partial charge in [0.05, 0.1) is 36.9 Å². The van der Waals surface area contributed by atoms with Crippen LogP contribution in [-0.4, -0.2) is 130 Å². The smallest absolute Gasteiger partial charge is 0.331 e. The Morgan fingerprint density at radius 2 is 1.41 bits per heavy atom. The van der Waals surface area contributed by atoms with E-state index in [0.717, 1.165) is 38.0 Å². The molecule has 5 aliphatic carbocycles. The number of methoxy groups -OCH3 is 1. The number of rotatable bonds is 10. The molecule has 0 radical (unpaired) electrons. The van der Waals surface area contributed by atoms with Gasteiger partial charge in [-0.25, -0.2) is 4.79 Å². The molecule has 70 heavy (non-hydrogen) atoms. The van der Waals surface area contributed by atoms with E-state index in [1.807, 2.05) is 6.92 Å². The molecule has 388 valence electrons. The molecule has 20 atom stereocenters. The van der Waals surface area contributed by atoms with Gasteiger partial charge in [0, 0.05) is 13.0 Å². The van der Waals surface area contributed by atoms with Gasteiger partial charge in [-0.05, 0) is 135 Å². The number of hydrogen-bond donors (Lipinski definition) is 5. The van der Waals surface area contributed by atoms with Crippen molar-refractivity contribution in [2.24, 2.45) is 50.2 Å². The number of allylic oxidation sites excluding steroid dienone is 2. The predicted molar refractivity (Wildman–Crippen MR) is 252 cm³/mol. The SMILES string of the molecule is COc1ccc(/C=C\C(=O)OC2C(C)OC(OC(=O)[C@]34CCC(C)(C)C[C@H]3C3=CC[C@@H]5[C@@]6(C)CC[C@H](O)[C@@](C)(C=O)[C@@H]6CC[C@@]5(C)[C@]3(C)C[C@H]4O)C(OC3OC(C)C(O)C(O)C3O)C2OC(C)=O)cc1. The number of hydrogen-bond acceptors (Lipinski definition) is 16. The number of aliphatic hydroxyl groups is 5. The highest BCUT2D eigenvalue weighted by Gasteiger charge is 2.72. The first-order chi connectivity index (χ1) is 32.8.